The van der Waals surface area contributed by atoms with Gasteiger partial charge in [0, 0.05) is 18.8 Å². The molecule has 0 aromatic heterocycles. The van der Waals surface area contributed by atoms with Gasteiger partial charge < -0.3 is 20.1 Å². The van der Waals surface area contributed by atoms with Crippen molar-refractivity contribution in [2.24, 2.45) is 0 Å². The summed E-state index contributed by atoms with van der Waals surface area (Å²) in [5, 5.41) is 6.04. The number of carbonyl (C=O) groups is 1. The second kappa shape index (κ2) is 12.2. The number of nitrogens with one attached hydrogen (secondary N) is 3. The molecule has 0 bridgehead atoms. The molecule has 8 nitrogen and oxygen atoms in total. The van der Waals surface area contributed by atoms with Crippen molar-refractivity contribution in [3.8, 4) is 22.6 Å². The van der Waals surface area contributed by atoms with Crippen LogP contribution in [0.25, 0.3) is 11.1 Å². The number of hydrogen-bond acceptors (Lipinski definition) is 6. The Kier molecular flexibility index (Phi) is 8.50. The average molecular weight is 532 g/mol. The third kappa shape index (κ3) is 6.43. The molecule has 3 N–H and O–H groups in total. The predicted octanol–water partition coefficient (Wildman–Crippen LogP) is 5.01. The van der Waals surface area contributed by atoms with Crippen LogP contribution >= 0.6 is 0 Å². The summed E-state index contributed by atoms with van der Waals surface area (Å²) >= 11 is 0. The zero-order chi connectivity index (χ0) is 27.0. The van der Waals surface area contributed by atoms with Gasteiger partial charge in [-0.25, -0.2) is 8.42 Å². The van der Waals surface area contributed by atoms with Crippen molar-refractivity contribution in [3.63, 3.8) is 0 Å². The summed E-state index contributed by atoms with van der Waals surface area (Å²) in [5.41, 5.74) is 3.20. The summed E-state index contributed by atoms with van der Waals surface area (Å²) in [5.74, 6) is 0.513. The highest BCUT2D eigenvalue weighted by molar-refractivity contribution is 7.92. The first-order chi connectivity index (χ1) is 18.4. The van der Waals surface area contributed by atoms with E-state index in [4.69, 9.17) is 9.47 Å². The van der Waals surface area contributed by atoms with Gasteiger partial charge in [-0.1, -0.05) is 54.6 Å². The summed E-state index contributed by atoms with van der Waals surface area (Å²) in [6.45, 7) is 0.792. The van der Waals surface area contributed by atoms with Crippen LogP contribution in [0.5, 0.6) is 11.5 Å². The fourth-order valence-electron chi connectivity index (χ4n) is 3.91. The number of sulfonamides is 1. The van der Waals surface area contributed by atoms with Crippen molar-refractivity contribution in [1.82, 2.24) is 5.32 Å². The first kappa shape index (κ1) is 26.6. The Labute approximate surface area is 222 Å². The second-order valence-corrected chi connectivity index (χ2v) is 9.95. The van der Waals surface area contributed by atoms with E-state index in [0.717, 1.165) is 11.1 Å². The van der Waals surface area contributed by atoms with Gasteiger partial charge in [-0.15, -0.1) is 0 Å². The Morgan fingerprint density at radius 2 is 1.42 bits per heavy atom. The third-order valence-electron chi connectivity index (χ3n) is 5.77. The predicted molar refractivity (Wildman–Crippen MR) is 149 cm³/mol. The molecule has 0 saturated heterocycles. The van der Waals surface area contributed by atoms with E-state index in [1.54, 1.807) is 54.6 Å². The number of amides is 1. The maximum absolute atomic E-state index is 13.3. The first-order valence-corrected chi connectivity index (χ1v) is 13.4. The average Bonchev–Trinajstić information content (AvgIpc) is 2.95. The molecule has 4 aromatic carbocycles. The summed E-state index contributed by atoms with van der Waals surface area (Å²) in [6.07, 6.45) is 0. The molecule has 0 spiro atoms. The molecule has 0 atom stereocenters. The highest BCUT2D eigenvalue weighted by Crippen LogP contribution is 2.31. The highest BCUT2D eigenvalue weighted by Gasteiger charge is 2.21. The van der Waals surface area contributed by atoms with Crippen LogP contribution in [-0.2, 0) is 10.0 Å². The molecule has 0 heterocycles. The quantitative estimate of drug-likeness (QED) is 0.235. The maximum atomic E-state index is 13.3. The lowest BCUT2D eigenvalue weighted by atomic mass is 10.1. The van der Waals surface area contributed by atoms with Gasteiger partial charge in [0.2, 0.25) is 0 Å². The number of methoxy groups -OCH3 is 2. The van der Waals surface area contributed by atoms with E-state index in [0.29, 0.717) is 35.8 Å². The van der Waals surface area contributed by atoms with Crippen LogP contribution in [0.2, 0.25) is 0 Å². The summed E-state index contributed by atoms with van der Waals surface area (Å²) < 4.78 is 39.9. The van der Waals surface area contributed by atoms with Crippen LogP contribution in [0, 0.1) is 0 Å². The van der Waals surface area contributed by atoms with Crippen LogP contribution in [0.15, 0.2) is 102 Å². The lowest BCUT2D eigenvalue weighted by Gasteiger charge is -2.14. The third-order valence-corrected chi connectivity index (χ3v) is 7.17. The molecule has 4 rings (SSSR count). The number of anilines is 2. The normalized spacial score (nSPS) is 10.9. The smallest absolute Gasteiger partial charge is 0.265 e. The SMILES string of the molecule is COc1ccccc1C(=O)NCCNc1cccc(NS(=O)(=O)c2cc(-c3ccccc3)ccc2OC)c1. The van der Waals surface area contributed by atoms with Gasteiger partial charge >= 0.3 is 0 Å². The van der Waals surface area contributed by atoms with Crippen molar-refractivity contribution in [3.05, 3.63) is 103 Å². The van der Waals surface area contributed by atoms with E-state index in [-0.39, 0.29) is 16.6 Å². The molecule has 0 unspecified atom stereocenters. The first-order valence-electron chi connectivity index (χ1n) is 11.9. The van der Waals surface area contributed by atoms with E-state index in [2.05, 4.69) is 15.4 Å². The van der Waals surface area contributed by atoms with E-state index in [1.807, 2.05) is 42.5 Å². The van der Waals surface area contributed by atoms with Gasteiger partial charge in [-0.05, 0) is 53.6 Å². The number of hydrogen-bond donors (Lipinski definition) is 3. The highest BCUT2D eigenvalue weighted by atomic mass is 32.2. The van der Waals surface area contributed by atoms with Crippen LogP contribution in [0.1, 0.15) is 10.4 Å². The van der Waals surface area contributed by atoms with Crippen molar-refractivity contribution < 1.29 is 22.7 Å². The molecule has 0 aliphatic carbocycles. The molecule has 0 aliphatic rings. The van der Waals surface area contributed by atoms with Crippen LogP contribution in [-0.4, -0.2) is 41.6 Å². The van der Waals surface area contributed by atoms with E-state index in [1.165, 1.54) is 14.2 Å². The Hall–Kier alpha value is -4.50. The molecule has 9 heteroatoms. The number of rotatable bonds is 11. The van der Waals surface area contributed by atoms with E-state index < -0.39 is 10.0 Å². The zero-order valence-corrected chi connectivity index (χ0v) is 21.9. The minimum Gasteiger partial charge on any atom is -0.496 e. The Morgan fingerprint density at radius 3 is 2.18 bits per heavy atom. The van der Waals surface area contributed by atoms with Gasteiger partial charge in [0.15, 0.2) is 0 Å². The van der Waals surface area contributed by atoms with Crippen LogP contribution < -0.4 is 24.8 Å². The minimum atomic E-state index is -3.95. The summed E-state index contributed by atoms with van der Waals surface area (Å²) in [6, 6.07) is 28.5. The molecule has 0 saturated carbocycles. The van der Waals surface area contributed by atoms with Crippen molar-refractivity contribution in [2.45, 2.75) is 4.90 Å². The summed E-state index contributed by atoms with van der Waals surface area (Å²) in [7, 11) is -0.992. The van der Waals surface area contributed by atoms with Gasteiger partial charge in [0.1, 0.15) is 16.4 Å². The molecule has 0 aliphatic heterocycles. The van der Waals surface area contributed by atoms with E-state index >= 15 is 0 Å². The molecular formula is C29H29N3O5S. The van der Waals surface area contributed by atoms with Crippen molar-refractivity contribution >= 4 is 27.3 Å². The fraction of sp³-hybridized carbons (Fsp3) is 0.138. The number of benzene rings is 4. The lowest BCUT2D eigenvalue weighted by molar-refractivity contribution is 0.0952. The van der Waals surface area contributed by atoms with Gasteiger partial charge in [0.25, 0.3) is 15.9 Å². The molecule has 4 aromatic rings. The van der Waals surface area contributed by atoms with Gasteiger partial charge in [-0.2, -0.15) is 0 Å². The zero-order valence-electron chi connectivity index (χ0n) is 21.1. The van der Waals surface area contributed by atoms with Crippen LogP contribution in [0.4, 0.5) is 11.4 Å². The Balaban J connectivity index is 1.41. The Morgan fingerprint density at radius 1 is 0.711 bits per heavy atom. The number of para-hydroxylation sites is 1. The van der Waals surface area contributed by atoms with Crippen molar-refractivity contribution in [2.75, 3.05) is 37.3 Å². The fourth-order valence-corrected chi connectivity index (χ4v) is 5.16. The second-order valence-electron chi connectivity index (χ2n) is 8.30. The molecular weight excluding hydrogens is 502 g/mol. The number of ether oxygens (including phenoxy) is 2. The van der Waals surface area contributed by atoms with Gasteiger partial charge in [-0.3, -0.25) is 9.52 Å². The monoisotopic (exact) mass is 531 g/mol. The minimum absolute atomic E-state index is 0.0405. The lowest BCUT2D eigenvalue weighted by Crippen LogP contribution is -2.29. The number of carbonyl (C=O) groups excluding carboxylic acids is 1. The summed E-state index contributed by atoms with van der Waals surface area (Å²) in [4.78, 5) is 12.5. The molecule has 196 valence electrons. The largest absolute Gasteiger partial charge is 0.496 e. The standard InChI is InChI=1S/C29H29N3O5S/c1-36-26-14-7-6-13-25(26)29(33)31-18-17-30-23-11-8-12-24(20-23)32-38(34,35)28-19-22(15-16-27(28)37-2)21-9-4-3-5-10-21/h3-16,19-20,30,32H,17-18H2,1-2H3,(H,31,33). The van der Waals surface area contributed by atoms with Crippen molar-refractivity contribution in [1.29, 1.82) is 0 Å². The molecule has 0 fully saturated rings. The maximum Gasteiger partial charge on any atom is 0.265 e. The van der Waals surface area contributed by atoms with Gasteiger partial charge in [0.05, 0.1) is 25.5 Å². The topological polar surface area (TPSA) is 106 Å². The Bertz CT molecular complexity index is 1510. The van der Waals surface area contributed by atoms with E-state index in [9.17, 15) is 13.2 Å². The molecule has 0 radical (unpaired) electrons. The van der Waals surface area contributed by atoms with Crippen LogP contribution in [0.3, 0.4) is 0 Å². The molecule has 1 amide bonds. The molecule has 38 heavy (non-hydrogen) atoms.